The maximum atomic E-state index is 12.0. The van der Waals surface area contributed by atoms with E-state index in [1.54, 1.807) is 14.2 Å². The van der Waals surface area contributed by atoms with Gasteiger partial charge >= 0.3 is 0 Å². The summed E-state index contributed by atoms with van der Waals surface area (Å²) in [6, 6.07) is 13.7. The lowest BCUT2D eigenvalue weighted by molar-refractivity contribution is -0.121. The van der Waals surface area contributed by atoms with Crippen molar-refractivity contribution >= 4 is 5.91 Å². The average Bonchev–Trinajstić information content (AvgIpc) is 2.58. The molecule has 0 bridgehead atoms. The molecule has 4 nitrogen and oxygen atoms in total. The van der Waals surface area contributed by atoms with Crippen molar-refractivity contribution in [2.45, 2.75) is 26.3 Å². The Morgan fingerprint density at radius 3 is 2.43 bits per heavy atom. The Bertz CT molecular complexity index is 650. The van der Waals surface area contributed by atoms with E-state index in [0.717, 1.165) is 28.2 Å². The SMILES string of the molecule is COc1ccc(CCC(=O)NCc2cc(C)ccc2OC)cc1. The Labute approximate surface area is 137 Å². The molecule has 0 aliphatic carbocycles. The van der Waals surface area contributed by atoms with Gasteiger partial charge < -0.3 is 14.8 Å². The molecule has 2 aromatic rings. The molecule has 4 heteroatoms. The Hall–Kier alpha value is -2.49. The van der Waals surface area contributed by atoms with Crippen LogP contribution in [0.3, 0.4) is 0 Å². The maximum Gasteiger partial charge on any atom is 0.220 e. The monoisotopic (exact) mass is 313 g/mol. The van der Waals surface area contributed by atoms with Crippen LogP contribution >= 0.6 is 0 Å². The third-order valence-electron chi connectivity index (χ3n) is 3.71. The van der Waals surface area contributed by atoms with Gasteiger partial charge in [0.05, 0.1) is 14.2 Å². The molecule has 23 heavy (non-hydrogen) atoms. The predicted molar refractivity (Wildman–Crippen MR) is 90.9 cm³/mol. The van der Waals surface area contributed by atoms with Crippen molar-refractivity contribution in [3.63, 3.8) is 0 Å². The van der Waals surface area contributed by atoms with Crippen molar-refractivity contribution < 1.29 is 14.3 Å². The minimum absolute atomic E-state index is 0.0318. The van der Waals surface area contributed by atoms with Crippen molar-refractivity contribution in [2.75, 3.05) is 14.2 Å². The van der Waals surface area contributed by atoms with Crippen LogP contribution in [-0.2, 0) is 17.8 Å². The van der Waals surface area contributed by atoms with E-state index in [1.165, 1.54) is 0 Å². The average molecular weight is 313 g/mol. The van der Waals surface area contributed by atoms with Crippen molar-refractivity contribution in [1.29, 1.82) is 0 Å². The summed E-state index contributed by atoms with van der Waals surface area (Å²) < 4.78 is 10.4. The minimum atomic E-state index is 0.0318. The van der Waals surface area contributed by atoms with E-state index in [0.29, 0.717) is 19.4 Å². The molecule has 0 radical (unpaired) electrons. The zero-order chi connectivity index (χ0) is 16.7. The van der Waals surface area contributed by atoms with E-state index in [1.807, 2.05) is 49.4 Å². The maximum absolute atomic E-state index is 12.0. The number of hydrogen-bond donors (Lipinski definition) is 1. The van der Waals surface area contributed by atoms with Crippen molar-refractivity contribution in [3.05, 3.63) is 59.2 Å². The summed E-state index contributed by atoms with van der Waals surface area (Å²) >= 11 is 0. The zero-order valence-corrected chi connectivity index (χ0v) is 13.9. The first-order chi connectivity index (χ1) is 11.1. The van der Waals surface area contributed by atoms with Crippen LogP contribution in [0.15, 0.2) is 42.5 Å². The predicted octanol–water partition coefficient (Wildman–Crippen LogP) is 3.26. The molecule has 0 saturated carbocycles. The van der Waals surface area contributed by atoms with Crippen LogP contribution in [0.2, 0.25) is 0 Å². The summed E-state index contributed by atoms with van der Waals surface area (Å²) in [7, 11) is 3.28. The van der Waals surface area contributed by atoms with Crippen LogP contribution in [0.1, 0.15) is 23.1 Å². The molecule has 0 aromatic heterocycles. The number of methoxy groups -OCH3 is 2. The molecule has 0 spiro atoms. The van der Waals surface area contributed by atoms with Crippen LogP contribution in [-0.4, -0.2) is 20.1 Å². The van der Waals surface area contributed by atoms with Crippen LogP contribution in [0.25, 0.3) is 0 Å². The fraction of sp³-hybridized carbons (Fsp3) is 0.316. The summed E-state index contributed by atoms with van der Waals surface area (Å²) in [6.07, 6.45) is 1.17. The van der Waals surface area contributed by atoms with E-state index in [9.17, 15) is 4.79 Å². The molecule has 0 unspecified atom stereocenters. The summed E-state index contributed by atoms with van der Waals surface area (Å²) in [5, 5.41) is 2.95. The van der Waals surface area contributed by atoms with Crippen LogP contribution in [0.5, 0.6) is 11.5 Å². The summed E-state index contributed by atoms with van der Waals surface area (Å²) in [5.74, 6) is 1.65. The largest absolute Gasteiger partial charge is 0.497 e. The van der Waals surface area contributed by atoms with Crippen molar-refractivity contribution in [1.82, 2.24) is 5.32 Å². The van der Waals surface area contributed by atoms with Crippen LogP contribution < -0.4 is 14.8 Å². The third kappa shape index (κ3) is 5.02. The lowest BCUT2D eigenvalue weighted by atomic mass is 10.1. The van der Waals surface area contributed by atoms with Gasteiger partial charge in [-0.3, -0.25) is 4.79 Å². The highest BCUT2D eigenvalue weighted by molar-refractivity contribution is 5.76. The van der Waals surface area contributed by atoms with Crippen molar-refractivity contribution in [3.8, 4) is 11.5 Å². The van der Waals surface area contributed by atoms with Gasteiger partial charge in [0.25, 0.3) is 0 Å². The second-order valence-electron chi connectivity index (χ2n) is 5.44. The summed E-state index contributed by atoms with van der Waals surface area (Å²) in [5.41, 5.74) is 3.26. The van der Waals surface area contributed by atoms with Gasteiger partial charge in [0.15, 0.2) is 0 Å². The molecule has 1 N–H and O–H groups in total. The Morgan fingerprint density at radius 1 is 1.04 bits per heavy atom. The topological polar surface area (TPSA) is 47.6 Å². The molecule has 2 rings (SSSR count). The van der Waals surface area contributed by atoms with Gasteiger partial charge in [-0.05, 0) is 37.1 Å². The van der Waals surface area contributed by atoms with E-state index < -0.39 is 0 Å². The number of nitrogens with one attached hydrogen (secondary N) is 1. The summed E-state index contributed by atoms with van der Waals surface area (Å²) in [4.78, 5) is 12.0. The quantitative estimate of drug-likeness (QED) is 0.853. The van der Waals surface area contributed by atoms with E-state index in [-0.39, 0.29) is 5.91 Å². The number of amides is 1. The highest BCUT2D eigenvalue weighted by Crippen LogP contribution is 2.19. The fourth-order valence-electron chi connectivity index (χ4n) is 2.38. The van der Waals surface area contributed by atoms with Gasteiger partial charge in [-0.25, -0.2) is 0 Å². The zero-order valence-electron chi connectivity index (χ0n) is 13.9. The number of rotatable bonds is 7. The first-order valence-corrected chi connectivity index (χ1v) is 7.65. The molecule has 0 fully saturated rings. The molecular weight excluding hydrogens is 290 g/mol. The third-order valence-corrected chi connectivity index (χ3v) is 3.71. The Kier molecular flexibility index (Phi) is 6.03. The molecule has 0 aliphatic heterocycles. The number of carbonyl (C=O) groups excluding carboxylic acids is 1. The second kappa shape index (κ2) is 8.22. The van der Waals surface area contributed by atoms with Gasteiger partial charge in [-0.2, -0.15) is 0 Å². The molecule has 0 aliphatic rings. The van der Waals surface area contributed by atoms with E-state index in [4.69, 9.17) is 9.47 Å². The number of carbonyl (C=O) groups is 1. The number of ether oxygens (including phenoxy) is 2. The fourth-order valence-corrected chi connectivity index (χ4v) is 2.38. The van der Waals surface area contributed by atoms with Crippen LogP contribution in [0, 0.1) is 6.92 Å². The first kappa shape index (κ1) is 16.9. The lowest BCUT2D eigenvalue weighted by Crippen LogP contribution is -2.23. The van der Waals surface area contributed by atoms with E-state index >= 15 is 0 Å². The molecule has 1 amide bonds. The number of aryl methyl sites for hydroxylation is 2. The molecule has 0 heterocycles. The van der Waals surface area contributed by atoms with Crippen LogP contribution in [0.4, 0.5) is 0 Å². The normalized spacial score (nSPS) is 10.2. The van der Waals surface area contributed by atoms with Gasteiger partial charge in [0, 0.05) is 18.5 Å². The van der Waals surface area contributed by atoms with E-state index in [2.05, 4.69) is 5.32 Å². The number of hydrogen-bond acceptors (Lipinski definition) is 3. The minimum Gasteiger partial charge on any atom is -0.497 e. The molecule has 0 atom stereocenters. The van der Waals surface area contributed by atoms with Gasteiger partial charge in [0.1, 0.15) is 11.5 Å². The van der Waals surface area contributed by atoms with Gasteiger partial charge in [0.2, 0.25) is 5.91 Å². The first-order valence-electron chi connectivity index (χ1n) is 7.65. The smallest absolute Gasteiger partial charge is 0.220 e. The lowest BCUT2D eigenvalue weighted by Gasteiger charge is -2.11. The van der Waals surface area contributed by atoms with Crippen molar-refractivity contribution in [2.24, 2.45) is 0 Å². The number of benzene rings is 2. The van der Waals surface area contributed by atoms with Gasteiger partial charge in [-0.1, -0.05) is 29.8 Å². The van der Waals surface area contributed by atoms with Gasteiger partial charge in [-0.15, -0.1) is 0 Å². The highest BCUT2D eigenvalue weighted by atomic mass is 16.5. The molecular formula is C19H23NO3. The Balaban J connectivity index is 1.84. The molecule has 122 valence electrons. The molecule has 2 aromatic carbocycles. The highest BCUT2D eigenvalue weighted by Gasteiger charge is 2.06. The second-order valence-corrected chi connectivity index (χ2v) is 5.44. The standard InChI is InChI=1S/C19H23NO3/c1-14-4-10-18(23-3)16(12-14)13-20-19(21)11-7-15-5-8-17(22-2)9-6-15/h4-6,8-10,12H,7,11,13H2,1-3H3,(H,20,21). The Morgan fingerprint density at radius 2 is 1.78 bits per heavy atom. The summed E-state index contributed by atoms with van der Waals surface area (Å²) in [6.45, 7) is 2.50. The molecule has 0 saturated heterocycles.